The third kappa shape index (κ3) is 4.46. The summed E-state index contributed by atoms with van der Waals surface area (Å²) >= 11 is 1.30. The zero-order valence-corrected chi connectivity index (χ0v) is 15.0. The Kier molecular flexibility index (Phi) is 5.18. The molecule has 0 bridgehead atoms. The molecule has 0 aliphatic heterocycles. The van der Waals surface area contributed by atoms with Crippen molar-refractivity contribution < 1.29 is 22.7 Å². The maximum absolute atomic E-state index is 12.6. The largest absolute Gasteiger partial charge is 0.486 e. The first-order chi connectivity index (χ1) is 12.7. The van der Waals surface area contributed by atoms with Crippen molar-refractivity contribution in [2.75, 3.05) is 0 Å². The number of nitrogens with two attached hydrogens (primary N) is 1. The average Bonchev–Trinajstić information content (AvgIpc) is 3.08. The van der Waals surface area contributed by atoms with Crippen LogP contribution in [0.3, 0.4) is 0 Å². The fraction of sp³-hybridized carbons (Fsp3) is 0.158. The van der Waals surface area contributed by atoms with E-state index in [-0.39, 0.29) is 12.2 Å². The summed E-state index contributed by atoms with van der Waals surface area (Å²) < 4.78 is 43.6. The molecule has 1 aromatic heterocycles. The van der Waals surface area contributed by atoms with E-state index < -0.39 is 17.6 Å². The maximum atomic E-state index is 12.6. The molecule has 8 heteroatoms. The number of hydrogen-bond donors (Lipinski definition) is 1. The van der Waals surface area contributed by atoms with Crippen LogP contribution in [0.4, 0.5) is 13.2 Å². The van der Waals surface area contributed by atoms with Gasteiger partial charge in [0.25, 0.3) is 5.91 Å². The van der Waals surface area contributed by atoms with E-state index >= 15 is 0 Å². The number of halogens is 3. The highest BCUT2D eigenvalue weighted by Gasteiger charge is 2.30. The van der Waals surface area contributed by atoms with Gasteiger partial charge in [-0.1, -0.05) is 18.2 Å². The minimum absolute atomic E-state index is 0.112. The molecule has 0 saturated heterocycles. The van der Waals surface area contributed by atoms with E-state index in [1.54, 1.807) is 23.6 Å². The van der Waals surface area contributed by atoms with Gasteiger partial charge in [-0.25, -0.2) is 4.98 Å². The summed E-state index contributed by atoms with van der Waals surface area (Å²) in [4.78, 5) is 15.9. The van der Waals surface area contributed by atoms with Crippen molar-refractivity contribution in [3.8, 4) is 16.3 Å². The Hall–Kier alpha value is -2.87. The lowest BCUT2D eigenvalue weighted by atomic mass is 10.1. The molecule has 0 aliphatic rings. The molecule has 27 heavy (non-hydrogen) atoms. The van der Waals surface area contributed by atoms with Crippen molar-refractivity contribution in [2.45, 2.75) is 19.7 Å². The van der Waals surface area contributed by atoms with Gasteiger partial charge in [0.15, 0.2) is 0 Å². The molecule has 0 atom stereocenters. The van der Waals surface area contributed by atoms with Gasteiger partial charge in [0, 0.05) is 10.9 Å². The average molecular weight is 392 g/mol. The van der Waals surface area contributed by atoms with E-state index in [9.17, 15) is 18.0 Å². The Morgan fingerprint density at radius 3 is 2.52 bits per heavy atom. The molecule has 3 aromatic rings. The predicted molar refractivity (Wildman–Crippen MR) is 96.6 cm³/mol. The van der Waals surface area contributed by atoms with Gasteiger partial charge in [0.05, 0.1) is 16.8 Å². The van der Waals surface area contributed by atoms with Gasteiger partial charge >= 0.3 is 6.18 Å². The predicted octanol–water partition coefficient (Wildman–Crippen LogP) is 4.82. The number of rotatable bonds is 5. The van der Waals surface area contributed by atoms with E-state index in [2.05, 4.69) is 4.98 Å². The molecule has 0 radical (unpaired) electrons. The van der Waals surface area contributed by atoms with E-state index in [4.69, 9.17) is 10.5 Å². The monoisotopic (exact) mass is 392 g/mol. The number of primary amides is 1. The van der Waals surface area contributed by atoms with E-state index in [0.717, 1.165) is 17.7 Å². The van der Waals surface area contributed by atoms with Crippen molar-refractivity contribution in [3.63, 3.8) is 0 Å². The van der Waals surface area contributed by atoms with Gasteiger partial charge < -0.3 is 10.5 Å². The van der Waals surface area contributed by atoms with Gasteiger partial charge in [-0.15, -0.1) is 11.3 Å². The summed E-state index contributed by atoms with van der Waals surface area (Å²) in [6.07, 6.45) is -4.37. The van der Waals surface area contributed by atoms with Crippen LogP contribution in [-0.4, -0.2) is 10.9 Å². The molecule has 0 fully saturated rings. The van der Waals surface area contributed by atoms with Crippen LogP contribution in [0, 0.1) is 6.92 Å². The van der Waals surface area contributed by atoms with Crippen molar-refractivity contribution in [1.82, 2.24) is 4.98 Å². The molecule has 2 aromatic carbocycles. The van der Waals surface area contributed by atoms with E-state index in [0.29, 0.717) is 22.0 Å². The van der Waals surface area contributed by atoms with Gasteiger partial charge in [-0.2, -0.15) is 13.2 Å². The van der Waals surface area contributed by atoms with Gasteiger partial charge in [0.1, 0.15) is 17.4 Å². The Morgan fingerprint density at radius 2 is 1.89 bits per heavy atom. The third-order valence-corrected chi connectivity index (χ3v) is 4.73. The first-order valence-corrected chi connectivity index (χ1v) is 8.77. The van der Waals surface area contributed by atoms with E-state index in [1.807, 2.05) is 6.92 Å². The Bertz CT molecular complexity index is 966. The Balaban J connectivity index is 1.74. The number of alkyl halides is 3. The lowest BCUT2D eigenvalue weighted by molar-refractivity contribution is -0.137. The second kappa shape index (κ2) is 7.40. The van der Waals surface area contributed by atoms with Crippen molar-refractivity contribution in [1.29, 1.82) is 0 Å². The minimum atomic E-state index is -4.37. The molecule has 0 spiro atoms. The molecule has 0 unspecified atom stereocenters. The fourth-order valence-corrected chi connectivity index (χ4v) is 3.22. The fourth-order valence-electron chi connectivity index (χ4n) is 2.41. The van der Waals surface area contributed by atoms with Crippen LogP contribution >= 0.6 is 11.3 Å². The zero-order valence-electron chi connectivity index (χ0n) is 14.2. The van der Waals surface area contributed by atoms with Crippen LogP contribution in [0.25, 0.3) is 10.6 Å². The second-order valence-electron chi connectivity index (χ2n) is 5.87. The number of aromatic nitrogens is 1. The maximum Gasteiger partial charge on any atom is 0.416 e. The first kappa shape index (κ1) is 18.9. The molecule has 0 saturated carbocycles. The van der Waals surface area contributed by atoms with Gasteiger partial charge in [-0.3, -0.25) is 4.79 Å². The van der Waals surface area contributed by atoms with Crippen LogP contribution in [0.1, 0.15) is 27.2 Å². The summed E-state index contributed by atoms with van der Waals surface area (Å²) in [7, 11) is 0. The number of aryl methyl sites for hydroxylation is 1. The first-order valence-electron chi connectivity index (χ1n) is 7.89. The highest BCUT2D eigenvalue weighted by atomic mass is 32.1. The summed E-state index contributed by atoms with van der Waals surface area (Å²) in [6, 6.07) is 9.90. The summed E-state index contributed by atoms with van der Waals surface area (Å²) in [5.41, 5.74) is 7.03. The molecule has 3 rings (SSSR count). The lowest BCUT2D eigenvalue weighted by Crippen LogP contribution is -2.13. The number of hydrogen-bond acceptors (Lipinski definition) is 4. The molecule has 1 heterocycles. The van der Waals surface area contributed by atoms with Crippen LogP contribution in [-0.2, 0) is 12.8 Å². The van der Waals surface area contributed by atoms with Crippen LogP contribution in [0.15, 0.2) is 47.8 Å². The Labute approximate surface area is 157 Å². The summed E-state index contributed by atoms with van der Waals surface area (Å²) in [5.74, 6) is -0.222. The highest BCUT2D eigenvalue weighted by molar-refractivity contribution is 7.13. The molecule has 2 N–H and O–H groups in total. The second-order valence-corrected chi connectivity index (χ2v) is 6.73. The third-order valence-electron chi connectivity index (χ3n) is 3.79. The smallest absolute Gasteiger partial charge is 0.416 e. The van der Waals surface area contributed by atoms with Crippen molar-refractivity contribution in [3.05, 3.63) is 70.2 Å². The number of benzene rings is 2. The van der Waals surface area contributed by atoms with Gasteiger partial charge in [-0.05, 0) is 36.8 Å². The molecular weight excluding hydrogens is 377 g/mol. The minimum Gasteiger partial charge on any atom is -0.486 e. The summed E-state index contributed by atoms with van der Waals surface area (Å²) in [6.45, 7) is 1.98. The quantitative estimate of drug-likeness (QED) is 0.677. The molecule has 140 valence electrons. The lowest BCUT2D eigenvalue weighted by Gasteiger charge is -2.09. The number of amides is 1. The van der Waals surface area contributed by atoms with Crippen molar-refractivity contribution >= 4 is 17.2 Å². The standard InChI is InChI=1S/C19H15F3N2O2S/c1-11-2-7-15(17(23)25)16(8-11)26-9-14-10-27-18(24-14)12-3-5-13(6-4-12)19(20,21)22/h2-8,10H,9H2,1H3,(H2,23,25). The number of nitrogens with zero attached hydrogens (tertiary/aromatic N) is 1. The highest BCUT2D eigenvalue weighted by Crippen LogP contribution is 2.32. The van der Waals surface area contributed by atoms with Crippen molar-refractivity contribution in [2.24, 2.45) is 5.73 Å². The molecule has 4 nitrogen and oxygen atoms in total. The summed E-state index contributed by atoms with van der Waals surface area (Å²) in [5, 5.41) is 2.34. The van der Waals surface area contributed by atoms with Gasteiger partial charge in [0.2, 0.25) is 0 Å². The normalized spacial score (nSPS) is 11.4. The zero-order chi connectivity index (χ0) is 19.6. The number of ether oxygens (including phenoxy) is 1. The number of carbonyl (C=O) groups is 1. The molecule has 0 aliphatic carbocycles. The number of carbonyl (C=O) groups excluding carboxylic acids is 1. The molecule has 1 amide bonds. The topological polar surface area (TPSA) is 65.2 Å². The van der Waals surface area contributed by atoms with E-state index in [1.165, 1.54) is 23.5 Å². The Morgan fingerprint density at radius 1 is 1.19 bits per heavy atom. The SMILES string of the molecule is Cc1ccc(C(N)=O)c(OCc2csc(-c3ccc(C(F)(F)F)cc3)n2)c1. The van der Waals surface area contributed by atoms with Crippen LogP contribution in [0.5, 0.6) is 5.75 Å². The molecular formula is C19H15F3N2O2S. The van der Waals surface area contributed by atoms with Crippen LogP contribution < -0.4 is 10.5 Å². The van der Waals surface area contributed by atoms with Crippen LogP contribution in [0.2, 0.25) is 0 Å². The number of thiazole rings is 1.